The maximum Gasteiger partial charge on any atom is 0.182 e. The molecule has 5 heteroatoms. The Balaban J connectivity index is 1.70. The molecule has 3 rings (SSSR count). The zero-order valence-corrected chi connectivity index (χ0v) is 13.1. The molecule has 0 aliphatic heterocycles. The summed E-state index contributed by atoms with van der Waals surface area (Å²) in [7, 11) is 0. The zero-order valence-electron chi connectivity index (χ0n) is 13.1. The minimum absolute atomic E-state index is 0.554. The van der Waals surface area contributed by atoms with E-state index in [-0.39, 0.29) is 0 Å². The maximum atomic E-state index is 8.93. The standard InChI is InChI=1S/C19H17N5/c20-14-22-19(21-11-16-4-2-1-3-5-16)10-15-6-8-17(9-7-15)18-12-23-24-13-18/h1-9,12-13H,10-11H2,(H,21,22)(H,23,24). The van der Waals surface area contributed by atoms with E-state index in [4.69, 9.17) is 5.26 Å². The van der Waals surface area contributed by atoms with Gasteiger partial charge in [0.15, 0.2) is 6.19 Å². The summed E-state index contributed by atoms with van der Waals surface area (Å²) >= 11 is 0. The molecule has 0 aliphatic rings. The average Bonchev–Trinajstić information content (AvgIpc) is 3.16. The largest absolute Gasteiger partial charge is 0.285 e. The van der Waals surface area contributed by atoms with Crippen LogP contribution in [-0.4, -0.2) is 16.0 Å². The number of aromatic nitrogens is 2. The molecule has 0 radical (unpaired) electrons. The number of nitriles is 1. The molecule has 1 heterocycles. The predicted molar refractivity (Wildman–Crippen MR) is 94.1 cm³/mol. The molecule has 0 amide bonds. The lowest BCUT2D eigenvalue weighted by atomic mass is 10.1. The fraction of sp³-hybridized carbons (Fsp3) is 0.105. The number of nitrogens with zero attached hydrogens (tertiary/aromatic N) is 3. The summed E-state index contributed by atoms with van der Waals surface area (Å²) < 4.78 is 0. The summed E-state index contributed by atoms with van der Waals surface area (Å²) in [6.07, 6.45) is 6.21. The summed E-state index contributed by atoms with van der Waals surface area (Å²) in [4.78, 5) is 4.52. The van der Waals surface area contributed by atoms with E-state index in [2.05, 4.69) is 20.5 Å². The maximum absolute atomic E-state index is 8.93. The van der Waals surface area contributed by atoms with E-state index >= 15 is 0 Å². The van der Waals surface area contributed by atoms with Crippen LogP contribution >= 0.6 is 0 Å². The van der Waals surface area contributed by atoms with Gasteiger partial charge in [0.05, 0.1) is 12.7 Å². The highest BCUT2D eigenvalue weighted by atomic mass is 15.1. The Hall–Kier alpha value is -3.39. The van der Waals surface area contributed by atoms with Crippen molar-refractivity contribution in [3.8, 4) is 17.3 Å². The Labute approximate surface area is 140 Å². The second-order valence-electron chi connectivity index (χ2n) is 5.35. The van der Waals surface area contributed by atoms with Gasteiger partial charge in [0.25, 0.3) is 0 Å². The van der Waals surface area contributed by atoms with Crippen LogP contribution in [0.3, 0.4) is 0 Å². The average molecular weight is 315 g/mol. The monoisotopic (exact) mass is 315 g/mol. The number of aliphatic imine (C=N–C) groups is 1. The van der Waals surface area contributed by atoms with Crippen LogP contribution in [0.15, 0.2) is 72.0 Å². The first kappa shape index (κ1) is 15.5. The smallest absolute Gasteiger partial charge is 0.182 e. The van der Waals surface area contributed by atoms with Gasteiger partial charge in [-0.15, -0.1) is 0 Å². The highest BCUT2D eigenvalue weighted by Crippen LogP contribution is 2.18. The Kier molecular flexibility index (Phi) is 5.00. The first-order chi connectivity index (χ1) is 11.8. The number of amidine groups is 1. The van der Waals surface area contributed by atoms with Gasteiger partial charge in [0.1, 0.15) is 5.84 Å². The number of benzene rings is 2. The third kappa shape index (κ3) is 4.08. The Morgan fingerprint density at radius 1 is 1.04 bits per heavy atom. The van der Waals surface area contributed by atoms with Crippen LogP contribution in [0, 0.1) is 11.5 Å². The van der Waals surface area contributed by atoms with Crippen LogP contribution in [0.4, 0.5) is 0 Å². The minimum atomic E-state index is 0.554. The number of rotatable bonds is 5. The van der Waals surface area contributed by atoms with Crippen molar-refractivity contribution in [3.05, 3.63) is 78.1 Å². The van der Waals surface area contributed by atoms with Gasteiger partial charge in [-0.3, -0.25) is 15.4 Å². The van der Waals surface area contributed by atoms with Gasteiger partial charge in [-0.25, -0.2) is 0 Å². The van der Waals surface area contributed by atoms with Crippen molar-refractivity contribution in [3.63, 3.8) is 0 Å². The molecule has 0 bridgehead atoms. The molecule has 2 aromatic carbocycles. The fourth-order valence-electron chi connectivity index (χ4n) is 2.39. The minimum Gasteiger partial charge on any atom is -0.285 e. The first-order valence-corrected chi connectivity index (χ1v) is 7.65. The van der Waals surface area contributed by atoms with E-state index in [1.165, 1.54) is 0 Å². The molecule has 24 heavy (non-hydrogen) atoms. The van der Waals surface area contributed by atoms with Crippen LogP contribution in [-0.2, 0) is 13.0 Å². The van der Waals surface area contributed by atoms with Crippen molar-refractivity contribution >= 4 is 5.84 Å². The fourth-order valence-corrected chi connectivity index (χ4v) is 2.39. The van der Waals surface area contributed by atoms with Crippen molar-refractivity contribution in [1.29, 1.82) is 5.26 Å². The van der Waals surface area contributed by atoms with E-state index in [0.29, 0.717) is 18.8 Å². The normalized spacial score (nSPS) is 11.0. The van der Waals surface area contributed by atoms with Crippen molar-refractivity contribution in [2.75, 3.05) is 0 Å². The van der Waals surface area contributed by atoms with Gasteiger partial charge in [0, 0.05) is 18.2 Å². The van der Waals surface area contributed by atoms with E-state index in [9.17, 15) is 0 Å². The molecular formula is C19H17N5. The van der Waals surface area contributed by atoms with Crippen molar-refractivity contribution in [1.82, 2.24) is 15.5 Å². The van der Waals surface area contributed by atoms with Crippen molar-refractivity contribution in [2.24, 2.45) is 4.99 Å². The molecule has 3 aromatic rings. The summed E-state index contributed by atoms with van der Waals surface area (Å²) in [5, 5.41) is 18.4. The number of aromatic amines is 1. The lowest BCUT2D eigenvalue weighted by Crippen LogP contribution is -2.20. The molecule has 5 nitrogen and oxygen atoms in total. The molecule has 1 aromatic heterocycles. The van der Waals surface area contributed by atoms with Crippen LogP contribution in [0.1, 0.15) is 11.1 Å². The van der Waals surface area contributed by atoms with Crippen LogP contribution in [0.25, 0.3) is 11.1 Å². The number of H-pyrrole nitrogens is 1. The third-order valence-corrected chi connectivity index (χ3v) is 3.65. The Bertz CT molecular complexity index is 828. The van der Waals surface area contributed by atoms with Gasteiger partial charge in [-0.05, 0) is 16.7 Å². The van der Waals surface area contributed by atoms with Crippen LogP contribution < -0.4 is 5.32 Å². The molecule has 0 aliphatic carbocycles. The molecule has 2 N–H and O–H groups in total. The van der Waals surface area contributed by atoms with Gasteiger partial charge >= 0.3 is 0 Å². The molecule has 0 saturated carbocycles. The van der Waals surface area contributed by atoms with E-state index in [1.807, 2.05) is 67.0 Å². The highest BCUT2D eigenvalue weighted by molar-refractivity contribution is 5.85. The topological polar surface area (TPSA) is 76.9 Å². The Morgan fingerprint density at radius 3 is 2.50 bits per heavy atom. The van der Waals surface area contributed by atoms with Gasteiger partial charge in [-0.2, -0.15) is 10.4 Å². The molecule has 0 fully saturated rings. The lowest BCUT2D eigenvalue weighted by molar-refractivity contribution is 1.02. The molecule has 0 spiro atoms. The van der Waals surface area contributed by atoms with Crippen LogP contribution in [0.5, 0.6) is 0 Å². The van der Waals surface area contributed by atoms with Crippen LogP contribution in [0.2, 0.25) is 0 Å². The predicted octanol–water partition coefficient (Wildman–Crippen LogP) is 3.29. The second kappa shape index (κ2) is 7.75. The van der Waals surface area contributed by atoms with Crippen molar-refractivity contribution in [2.45, 2.75) is 13.0 Å². The zero-order chi connectivity index (χ0) is 16.6. The summed E-state index contributed by atoms with van der Waals surface area (Å²) in [5.41, 5.74) is 4.36. The van der Waals surface area contributed by atoms with E-state index in [1.54, 1.807) is 6.20 Å². The van der Waals surface area contributed by atoms with E-state index in [0.717, 1.165) is 22.3 Å². The quantitative estimate of drug-likeness (QED) is 0.328. The lowest BCUT2D eigenvalue weighted by Gasteiger charge is -2.06. The number of hydrogen-bond acceptors (Lipinski definition) is 3. The SMILES string of the molecule is N#CNC(Cc1ccc(-c2cn[nH]c2)cc1)=NCc1ccccc1. The summed E-state index contributed by atoms with van der Waals surface area (Å²) in [6, 6.07) is 18.2. The molecular weight excluding hydrogens is 298 g/mol. The molecule has 0 unspecified atom stereocenters. The molecule has 0 saturated heterocycles. The Morgan fingerprint density at radius 2 is 1.83 bits per heavy atom. The van der Waals surface area contributed by atoms with E-state index < -0.39 is 0 Å². The molecule has 118 valence electrons. The van der Waals surface area contributed by atoms with Gasteiger partial charge in [0.2, 0.25) is 0 Å². The van der Waals surface area contributed by atoms with Gasteiger partial charge < -0.3 is 0 Å². The molecule has 0 atom stereocenters. The summed E-state index contributed by atoms with van der Waals surface area (Å²) in [5.74, 6) is 0.664. The first-order valence-electron chi connectivity index (χ1n) is 7.65. The number of hydrogen-bond donors (Lipinski definition) is 2. The second-order valence-corrected chi connectivity index (χ2v) is 5.35. The van der Waals surface area contributed by atoms with Gasteiger partial charge in [-0.1, -0.05) is 54.6 Å². The van der Waals surface area contributed by atoms with Crippen molar-refractivity contribution < 1.29 is 0 Å². The third-order valence-electron chi connectivity index (χ3n) is 3.65. The highest BCUT2D eigenvalue weighted by Gasteiger charge is 2.03. The summed E-state index contributed by atoms with van der Waals surface area (Å²) in [6.45, 7) is 0.554. The number of nitrogens with one attached hydrogen (secondary N) is 2.